The average molecular weight is 290 g/mol. The third kappa shape index (κ3) is 2.71. The van der Waals surface area contributed by atoms with Crippen molar-refractivity contribution in [3.63, 3.8) is 0 Å². The molecule has 2 aromatic rings. The van der Waals surface area contributed by atoms with Crippen LogP contribution in [0.5, 0.6) is 0 Å². The Bertz CT molecular complexity index is 623. The summed E-state index contributed by atoms with van der Waals surface area (Å²) in [5.74, 6) is -0.590. The van der Waals surface area contributed by atoms with Gasteiger partial charge in [-0.1, -0.05) is 23.7 Å². The van der Waals surface area contributed by atoms with Crippen LogP contribution in [0.2, 0.25) is 5.15 Å². The molecule has 0 bridgehead atoms. The first kappa shape index (κ1) is 13.8. The number of hydrogen-bond donors (Lipinski definition) is 0. The second kappa shape index (κ2) is 4.81. The number of rotatable bonds is 1. The second-order valence-corrected chi connectivity index (χ2v) is 4.33. The van der Waals surface area contributed by atoms with Crippen LogP contribution in [0.15, 0.2) is 30.3 Å². The Hall–Kier alpha value is -1.62. The van der Waals surface area contributed by atoms with Crippen LogP contribution in [-0.2, 0) is 6.18 Å². The van der Waals surface area contributed by atoms with Gasteiger partial charge in [0.15, 0.2) is 0 Å². The lowest BCUT2D eigenvalue weighted by molar-refractivity contribution is -0.137. The smallest absolute Gasteiger partial charge is 0.235 e. The molecule has 1 heterocycles. The first-order chi connectivity index (χ1) is 8.80. The van der Waals surface area contributed by atoms with Crippen molar-refractivity contribution in [3.05, 3.63) is 52.4 Å². The molecule has 1 aromatic carbocycles. The zero-order valence-electron chi connectivity index (χ0n) is 9.72. The minimum atomic E-state index is -4.58. The predicted molar refractivity (Wildman–Crippen MR) is 64.4 cm³/mol. The Labute approximate surface area is 111 Å². The largest absolute Gasteiger partial charge is 0.418 e. The first-order valence-corrected chi connectivity index (χ1v) is 5.67. The molecule has 6 heteroatoms. The highest BCUT2D eigenvalue weighted by Crippen LogP contribution is 2.38. The maximum Gasteiger partial charge on any atom is 0.418 e. The van der Waals surface area contributed by atoms with Gasteiger partial charge in [0.25, 0.3) is 0 Å². The van der Waals surface area contributed by atoms with Crippen molar-refractivity contribution in [3.8, 4) is 11.3 Å². The number of hydrogen-bond acceptors (Lipinski definition) is 1. The van der Waals surface area contributed by atoms with Crippen LogP contribution >= 0.6 is 11.6 Å². The van der Waals surface area contributed by atoms with Gasteiger partial charge in [-0.15, -0.1) is 0 Å². The van der Waals surface area contributed by atoms with Gasteiger partial charge in [0.1, 0.15) is 11.0 Å². The predicted octanol–water partition coefficient (Wildman–Crippen LogP) is 4.87. The van der Waals surface area contributed by atoms with Crippen LogP contribution in [0.1, 0.15) is 11.1 Å². The Kier molecular flexibility index (Phi) is 3.49. The van der Waals surface area contributed by atoms with Crippen molar-refractivity contribution < 1.29 is 17.6 Å². The van der Waals surface area contributed by atoms with Gasteiger partial charge in [-0.2, -0.15) is 13.2 Å². The molecular formula is C13H8ClF4N. The molecule has 0 aliphatic heterocycles. The van der Waals surface area contributed by atoms with Gasteiger partial charge < -0.3 is 0 Å². The molecule has 100 valence electrons. The van der Waals surface area contributed by atoms with E-state index in [0.29, 0.717) is 0 Å². The SMILES string of the molecule is Cc1c(F)cccc1-c1nc(Cl)ccc1C(F)(F)F. The molecule has 0 saturated heterocycles. The van der Waals surface area contributed by atoms with Gasteiger partial charge in [0.2, 0.25) is 0 Å². The number of aromatic nitrogens is 1. The lowest BCUT2D eigenvalue weighted by atomic mass is 10.0. The maximum absolute atomic E-state index is 13.5. The van der Waals surface area contributed by atoms with Crippen LogP contribution < -0.4 is 0 Å². The summed E-state index contributed by atoms with van der Waals surface area (Å²) in [6.45, 7) is 1.40. The summed E-state index contributed by atoms with van der Waals surface area (Å²) < 4.78 is 52.2. The zero-order valence-corrected chi connectivity index (χ0v) is 10.5. The highest BCUT2D eigenvalue weighted by atomic mass is 35.5. The van der Waals surface area contributed by atoms with E-state index in [-0.39, 0.29) is 22.0 Å². The summed E-state index contributed by atoms with van der Waals surface area (Å²) in [6, 6.07) is 5.79. The van der Waals surface area contributed by atoms with Crippen molar-refractivity contribution in [2.45, 2.75) is 13.1 Å². The Balaban J connectivity index is 2.74. The van der Waals surface area contributed by atoms with Crippen molar-refractivity contribution >= 4 is 11.6 Å². The molecule has 0 spiro atoms. The van der Waals surface area contributed by atoms with Gasteiger partial charge in [0.05, 0.1) is 11.3 Å². The van der Waals surface area contributed by atoms with E-state index in [0.717, 1.165) is 12.1 Å². The van der Waals surface area contributed by atoms with E-state index < -0.39 is 17.6 Å². The summed E-state index contributed by atoms with van der Waals surface area (Å²) in [4.78, 5) is 3.69. The van der Waals surface area contributed by atoms with E-state index in [2.05, 4.69) is 4.98 Å². The van der Waals surface area contributed by atoms with Crippen molar-refractivity contribution in [1.29, 1.82) is 0 Å². The van der Waals surface area contributed by atoms with E-state index in [9.17, 15) is 17.6 Å². The molecule has 0 radical (unpaired) electrons. The summed E-state index contributed by atoms with van der Waals surface area (Å²) in [5.41, 5.74) is -1.12. The molecule has 19 heavy (non-hydrogen) atoms. The minimum absolute atomic E-state index is 0.0772. The van der Waals surface area contributed by atoms with Crippen LogP contribution in [0.3, 0.4) is 0 Å². The molecule has 2 rings (SSSR count). The molecule has 0 aliphatic rings. The Morgan fingerprint density at radius 1 is 1.11 bits per heavy atom. The molecule has 0 fully saturated rings. The summed E-state index contributed by atoms with van der Waals surface area (Å²) in [6.07, 6.45) is -4.58. The second-order valence-electron chi connectivity index (χ2n) is 3.94. The zero-order chi connectivity index (χ0) is 14.2. The molecule has 1 nitrogen and oxygen atoms in total. The van der Waals surface area contributed by atoms with Crippen LogP contribution in [0.25, 0.3) is 11.3 Å². The van der Waals surface area contributed by atoms with E-state index in [1.54, 1.807) is 0 Å². The molecular weight excluding hydrogens is 282 g/mol. The van der Waals surface area contributed by atoms with Crippen molar-refractivity contribution in [2.24, 2.45) is 0 Å². The number of nitrogens with zero attached hydrogens (tertiary/aromatic N) is 1. The third-order valence-corrected chi connectivity index (χ3v) is 2.90. The highest BCUT2D eigenvalue weighted by Gasteiger charge is 2.35. The molecule has 0 amide bonds. The van der Waals surface area contributed by atoms with E-state index in [1.165, 1.54) is 25.1 Å². The minimum Gasteiger partial charge on any atom is -0.235 e. The number of halogens is 5. The highest BCUT2D eigenvalue weighted by molar-refractivity contribution is 6.29. The Morgan fingerprint density at radius 3 is 2.42 bits per heavy atom. The average Bonchev–Trinajstić information content (AvgIpc) is 2.31. The maximum atomic E-state index is 13.5. The lowest BCUT2D eigenvalue weighted by Crippen LogP contribution is -2.09. The fourth-order valence-corrected chi connectivity index (χ4v) is 1.88. The van der Waals surface area contributed by atoms with Gasteiger partial charge in [0, 0.05) is 5.56 Å². The fourth-order valence-electron chi connectivity index (χ4n) is 1.73. The lowest BCUT2D eigenvalue weighted by Gasteiger charge is -2.14. The molecule has 0 aliphatic carbocycles. The monoisotopic (exact) mass is 289 g/mol. The molecule has 1 aromatic heterocycles. The molecule has 0 atom stereocenters. The molecule has 0 unspecified atom stereocenters. The Morgan fingerprint density at radius 2 is 1.79 bits per heavy atom. The van der Waals surface area contributed by atoms with Crippen LogP contribution in [0, 0.1) is 12.7 Å². The van der Waals surface area contributed by atoms with Crippen LogP contribution in [0.4, 0.5) is 17.6 Å². The van der Waals surface area contributed by atoms with Crippen molar-refractivity contribution in [1.82, 2.24) is 4.98 Å². The van der Waals surface area contributed by atoms with Crippen LogP contribution in [-0.4, -0.2) is 4.98 Å². The fraction of sp³-hybridized carbons (Fsp3) is 0.154. The normalized spacial score (nSPS) is 11.7. The van der Waals surface area contributed by atoms with Gasteiger partial charge in [-0.3, -0.25) is 0 Å². The summed E-state index contributed by atoms with van der Waals surface area (Å²) >= 11 is 5.64. The van der Waals surface area contributed by atoms with Gasteiger partial charge in [-0.25, -0.2) is 9.37 Å². The van der Waals surface area contributed by atoms with Gasteiger partial charge in [-0.05, 0) is 30.7 Å². The van der Waals surface area contributed by atoms with E-state index in [1.807, 2.05) is 0 Å². The topological polar surface area (TPSA) is 12.9 Å². The molecule has 0 saturated carbocycles. The number of pyridine rings is 1. The summed E-state index contributed by atoms with van der Waals surface area (Å²) in [7, 11) is 0. The first-order valence-electron chi connectivity index (χ1n) is 5.30. The number of alkyl halides is 3. The quantitative estimate of drug-likeness (QED) is 0.539. The standard InChI is InChI=1S/C13H8ClF4N/c1-7-8(3-2-4-10(7)15)12-9(13(16,17)18)5-6-11(14)19-12/h2-6H,1H3. The van der Waals surface area contributed by atoms with Crippen molar-refractivity contribution in [2.75, 3.05) is 0 Å². The summed E-state index contributed by atoms with van der Waals surface area (Å²) in [5, 5.41) is -0.0772. The third-order valence-electron chi connectivity index (χ3n) is 2.69. The number of benzene rings is 1. The van der Waals surface area contributed by atoms with E-state index in [4.69, 9.17) is 11.6 Å². The van der Waals surface area contributed by atoms with Gasteiger partial charge >= 0.3 is 6.18 Å². The van der Waals surface area contributed by atoms with E-state index >= 15 is 0 Å². The molecule has 0 N–H and O–H groups in total.